The largest absolute Gasteiger partial charge is 0.467 e. The minimum Gasteiger partial charge on any atom is -0.467 e. The normalized spacial score (nSPS) is 12.9. The fourth-order valence-corrected chi connectivity index (χ4v) is 1.60. The summed E-state index contributed by atoms with van der Waals surface area (Å²) >= 11 is 0. The Bertz CT molecular complexity index is 366. The van der Waals surface area contributed by atoms with Gasteiger partial charge < -0.3 is 15.4 Å². The number of nitrogens with one attached hydrogen (secondary N) is 2. The zero-order chi connectivity index (χ0) is 13.5. The van der Waals surface area contributed by atoms with Crippen molar-refractivity contribution in [1.82, 2.24) is 10.6 Å². The quantitative estimate of drug-likeness (QED) is 0.420. The molecule has 1 amide bonds. The highest BCUT2D eigenvalue weighted by Crippen LogP contribution is 1.87. The third-order valence-corrected chi connectivity index (χ3v) is 2.81. The standard InChI is InChI=1S/C9H18N2O5S/c1-7(12)11-8(9(13)16-2)6-10-4-5-17(3,14)15/h8,10H,4-6H2,1-3H3,(H,11,12). The number of hydrogen-bond acceptors (Lipinski definition) is 6. The van der Waals surface area contributed by atoms with Crippen LogP contribution in [0.15, 0.2) is 0 Å². The molecule has 0 aliphatic carbocycles. The topological polar surface area (TPSA) is 102 Å². The van der Waals surface area contributed by atoms with Gasteiger partial charge in [0.05, 0.1) is 12.9 Å². The maximum Gasteiger partial charge on any atom is 0.329 e. The average Bonchev–Trinajstić information content (AvgIpc) is 2.19. The summed E-state index contributed by atoms with van der Waals surface area (Å²) in [5.41, 5.74) is 0. The molecule has 0 spiro atoms. The van der Waals surface area contributed by atoms with Gasteiger partial charge in [-0.3, -0.25) is 4.79 Å². The molecule has 17 heavy (non-hydrogen) atoms. The van der Waals surface area contributed by atoms with Gasteiger partial charge in [0, 0.05) is 26.3 Å². The molecule has 0 aliphatic heterocycles. The third-order valence-electron chi connectivity index (χ3n) is 1.86. The lowest BCUT2D eigenvalue weighted by molar-refractivity contribution is -0.144. The molecule has 1 atom stereocenters. The summed E-state index contributed by atoms with van der Waals surface area (Å²) in [6.45, 7) is 1.63. The smallest absolute Gasteiger partial charge is 0.329 e. The maximum absolute atomic E-state index is 11.2. The second-order valence-corrected chi connectivity index (χ2v) is 5.87. The minimum atomic E-state index is -3.04. The molecule has 0 bridgehead atoms. The van der Waals surface area contributed by atoms with E-state index in [4.69, 9.17) is 0 Å². The Balaban J connectivity index is 4.09. The lowest BCUT2D eigenvalue weighted by Crippen LogP contribution is -2.47. The van der Waals surface area contributed by atoms with Gasteiger partial charge in [-0.2, -0.15) is 0 Å². The maximum atomic E-state index is 11.2. The highest BCUT2D eigenvalue weighted by atomic mass is 32.2. The molecule has 0 saturated carbocycles. The van der Waals surface area contributed by atoms with Crippen LogP contribution in [0.5, 0.6) is 0 Å². The van der Waals surface area contributed by atoms with E-state index >= 15 is 0 Å². The Morgan fingerprint density at radius 2 is 1.94 bits per heavy atom. The zero-order valence-electron chi connectivity index (χ0n) is 10.1. The van der Waals surface area contributed by atoms with E-state index in [0.717, 1.165) is 6.26 Å². The van der Waals surface area contributed by atoms with E-state index < -0.39 is 21.8 Å². The molecule has 0 aromatic heterocycles. The van der Waals surface area contributed by atoms with Gasteiger partial charge in [0.2, 0.25) is 5.91 Å². The summed E-state index contributed by atoms with van der Waals surface area (Å²) < 4.78 is 26.2. The van der Waals surface area contributed by atoms with Crippen molar-refractivity contribution >= 4 is 21.7 Å². The second kappa shape index (κ2) is 7.23. The minimum absolute atomic E-state index is 0.0268. The van der Waals surface area contributed by atoms with Crippen LogP contribution in [0.4, 0.5) is 0 Å². The van der Waals surface area contributed by atoms with E-state index in [1.54, 1.807) is 0 Å². The summed E-state index contributed by atoms with van der Waals surface area (Å²) in [5.74, 6) is -0.960. The Kier molecular flexibility index (Phi) is 6.74. The van der Waals surface area contributed by atoms with Crippen LogP contribution in [-0.4, -0.2) is 58.5 Å². The van der Waals surface area contributed by atoms with Gasteiger partial charge in [-0.1, -0.05) is 0 Å². The molecule has 8 heteroatoms. The van der Waals surface area contributed by atoms with Crippen LogP contribution in [0, 0.1) is 0 Å². The number of ether oxygens (including phenoxy) is 1. The zero-order valence-corrected chi connectivity index (χ0v) is 11.0. The van der Waals surface area contributed by atoms with E-state index in [1.807, 2.05) is 0 Å². The van der Waals surface area contributed by atoms with Crippen LogP contribution in [0.3, 0.4) is 0 Å². The molecular weight excluding hydrogens is 248 g/mol. The van der Waals surface area contributed by atoms with Crippen molar-refractivity contribution in [3.05, 3.63) is 0 Å². The first-order chi connectivity index (χ1) is 7.76. The summed E-state index contributed by atoms with van der Waals surface area (Å²) in [4.78, 5) is 22.1. The third kappa shape index (κ3) is 8.64. The Morgan fingerprint density at radius 1 is 1.35 bits per heavy atom. The van der Waals surface area contributed by atoms with Crippen LogP contribution in [0.25, 0.3) is 0 Å². The van der Waals surface area contributed by atoms with Gasteiger partial charge in [0.1, 0.15) is 15.9 Å². The molecule has 0 aromatic carbocycles. The van der Waals surface area contributed by atoms with E-state index in [0.29, 0.717) is 0 Å². The van der Waals surface area contributed by atoms with Crippen molar-refractivity contribution in [1.29, 1.82) is 0 Å². The molecular formula is C9H18N2O5S. The lowest BCUT2D eigenvalue weighted by Gasteiger charge is -2.15. The van der Waals surface area contributed by atoms with E-state index in [9.17, 15) is 18.0 Å². The molecule has 0 aromatic rings. The van der Waals surface area contributed by atoms with E-state index in [2.05, 4.69) is 15.4 Å². The van der Waals surface area contributed by atoms with Crippen LogP contribution in [0.2, 0.25) is 0 Å². The summed E-state index contributed by atoms with van der Waals surface area (Å²) in [7, 11) is -1.82. The molecule has 100 valence electrons. The van der Waals surface area contributed by atoms with Crippen molar-refractivity contribution in [3.8, 4) is 0 Å². The first-order valence-corrected chi connectivity index (χ1v) is 7.05. The summed E-state index contributed by atoms with van der Waals surface area (Å²) in [5, 5.41) is 5.17. The highest BCUT2D eigenvalue weighted by Gasteiger charge is 2.19. The Labute approximate surface area is 101 Å². The van der Waals surface area contributed by atoms with Crippen LogP contribution < -0.4 is 10.6 Å². The van der Waals surface area contributed by atoms with Crippen LogP contribution >= 0.6 is 0 Å². The van der Waals surface area contributed by atoms with Gasteiger partial charge in [0.25, 0.3) is 0 Å². The van der Waals surface area contributed by atoms with Crippen molar-refractivity contribution in [2.45, 2.75) is 13.0 Å². The predicted octanol–water partition coefficient (Wildman–Crippen LogP) is -1.70. The number of sulfone groups is 1. The molecule has 1 unspecified atom stereocenters. The van der Waals surface area contributed by atoms with Crippen LogP contribution in [0.1, 0.15) is 6.92 Å². The monoisotopic (exact) mass is 266 g/mol. The highest BCUT2D eigenvalue weighted by molar-refractivity contribution is 7.90. The average molecular weight is 266 g/mol. The number of methoxy groups -OCH3 is 1. The number of hydrogen-bond donors (Lipinski definition) is 2. The molecule has 0 rings (SSSR count). The van der Waals surface area contributed by atoms with Gasteiger partial charge in [-0.25, -0.2) is 13.2 Å². The number of amides is 1. The fourth-order valence-electron chi connectivity index (χ4n) is 1.08. The van der Waals surface area contributed by atoms with Crippen molar-refractivity contribution in [2.75, 3.05) is 32.2 Å². The van der Waals surface area contributed by atoms with Gasteiger partial charge in [-0.15, -0.1) is 0 Å². The van der Waals surface area contributed by atoms with Crippen molar-refractivity contribution in [3.63, 3.8) is 0 Å². The van der Waals surface area contributed by atoms with Gasteiger partial charge in [0.15, 0.2) is 0 Å². The number of carbonyl (C=O) groups excluding carboxylic acids is 2. The van der Waals surface area contributed by atoms with Crippen molar-refractivity contribution < 1.29 is 22.7 Å². The predicted molar refractivity (Wildman–Crippen MR) is 62.2 cm³/mol. The molecule has 7 nitrogen and oxygen atoms in total. The second-order valence-electron chi connectivity index (χ2n) is 3.61. The van der Waals surface area contributed by atoms with Crippen molar-refractivity contribution in [2.24, 2.45) is 0 Å². The molecule has 0 heterocycles. The molecule has 0 saturated heterocycles. The summed E-state index contributed by atoms with van der Waals surface area (Å²) in [6.07, 6.45) is 1.13. The fraction of sp³-hybridized carbons (Fsp3) is 0.778. The number of carbonyl (C=O) groups is 2. The molecule has 2 N–H and O–H groups in total. The first-order valence-electron chi connectivity index (χ1n) is 4.99. The lowest BCUT2D eigenvalue weighted by atomic mass is 10.3. The molecule has 0 aliphatic rings. The Morgan fingerprint density at radius 3 is 2.35 bits per heavy atom. The van der Waals surface area contributed by atoms with E-state index in [1.165, 1.54) is 14.0 Å². The van der Waals surface area contributed by atoms with E-state index in [-0.39, 0.29) is 24.7 Å². The molecule has 0 fully saturated rings. The number of rotatable bonds is 7. The van der Waals surface area contributed by atoms with Crippen LogP contribution in [-0.2, 0) is 24.2 Å². The first kappa shape index (κ1) is 15.9. The Hall–Kier alpha value is -1.15. The van der Waals surface area contributed by atoms with Gasteiger partial charge in [-0.05, 0) is 0 Å². The molecule has 0 radical (unpaired) electrons. The number of esters is 1. The SMILES string of the molecule is COC(=O)C(CNCCS(C)(=O)=O)NC(C)=O. The summed E-state index contributed by atoms with van der Waals surface area (Å²) in [6, 6.07) is -0.808. The van der Waals surface area contributed by atoms with Gasteiger partial charge >= 0.3 is 5.97 Å².